The molecule has 61 heavy (non-hydrogen) atoms. The smallest absolute Gasteiger partial charge is 0.0598 e. The SMILES string of the molecule is CCCCCC[SiH](CC1C(C(C)C)=Cc2c(-c3ccc(C(C)(C)C)cc3)cccc21)C1C(C)=C(CCCCCCOC(C)(C)C)c2c(-c3ccc(C(C)(C)C)cc3)cccc21. The van der Waals surface area contributed by atoms with Crippen molar-refractivity contribution in [2.24, 2.45) is 5.92 Å². The molecule has 3 atom stereocenters. The van der Waals surface area contributed by atoms with Gasteiger partial charge in [-0.3, -0.25) is 0 Å². The van der Waals surface area contributed by atoms with Crippen LogP contribution in [0.25, 0.3) is 33.9 Å². The van der Waals surface area contributed by atoms with Gasteiger partial charge in [0, 0.05) is 12.5 Å². The van der Waals surface area contributed by atoms with E-state index in [2.05, 4.69) is 181 Å². The van der Waals surface area contributed by atoms with E-state index in [9.17, 15) is 0 Å². The maximum absolute atomic E-state index is 6.09. The Bertz CT molecular complexity index is 2120. The van der Waals surface area contributed by atoms with E-state index in [-0.39, 0.29) is 16.4 Å². The number of allylic oxidation sites excluding steroid dienone is 3. The van der Waals surface area contributed by atoms with Gasteiger partial charge in [0.15, 0.2) is 0 Å². The van der Waals surface area contributed by atoms with Crippen molar-refractivity contribution in [2.75, 3.05) is 6.61 Å². The Balaban J connectivity index is 1.39. The van der Waals surface area contributed by atoms with Crippen LogP contribution in [0.2, 0.25) is 12.1 Å². The Morgan fingerprint density at radius 2 is 1.18 bits per heavy atom. The van der Waals surface area contributed by atoms with E-state index in [4.69, 9.17) is 4.74 Å². The number of rotatable bonds is 18. The monoisotopic (exact) mass is 835 g/mol. The highest BCUT2D eigenvalue weighted by atomic mass is 28.3. The van der Waals surface area contributed by atoms with Gasteiger partial charge in [-0.1, -0.05) is 209 Å². The molecule has 328 valence electrons. The second-order valence-corrected chi connectivity index (χ2v) is 25.4. The maximum Gasteiger partial charge on any atom is 0.0598 e. The number of hydrogen-bond donors (Lipinski definition) is 0. The van der Waals surface area contributed by atoms with Gasteiger partial charge >= 0.3 is 0 Å². The molecule has 0 amide bonds. The zero-order valence-corrected chi connectivity index (χ0v) is 42.0. The third-order valence-corrected chi connectivity index (χ3v) is 18.0. The lowest BCUT2D eigenvalue weighted by Crippen LogP contribution is -2.26. The Morgan fingerprint density at radius 1 is 0.623 bits per heavy atom. The molecule has 4 aromatic rings. The summed E-state index contributed by atoms with van der Waals surface area (Å²) >= 11 is 0. The molecule has 0 fully saturated rings. The highest BCUT2D eigenvalue weighted by Crippen LogP contribution is 2.53. The van der Waals surface area contributed by atoms with Gasteiger partial charge < -0.3 is 4.74 Å². The third kappa shape index (κ3) is 11.4. The van der Waals surface area contributed by atoms with Crippen molar-refractivity contribution in [3.63, 3.8) is 0 Å². The lowest BCUT2D eigenvalue weighted by atomic mass is 9.85. The summed E-state index contributed by atoms with van der Waals surface area (Å²) in [6.45, 7) is 31.1. The van der Waals surface area contributed by atoms with Crippen LogP contribution in [0.5, 0.6) is 0 Å². The van der Waals surface area contributed by atoms with Crippen LogP contribution in [-0.4, -0.2) is 21.0 Å². The molecular weight excluding hydrogens is 753 g/mol. The number of benzene rings is 4. The highest BCUT2D eigenvalue weighted by Gasteiger charge is 2.39. The second-order valence-electron chi connectivity index (χ2n) is 22.2. The second kappa shape index (κ2) is 19.9. The first-order valence-electron chi connectivity index (χ1n) is 24.4. The molecule has 0 heterocycles. The minimum Gasteiger partial charge on any atom is -0.376 e. The van der Waals surface area contributed by atoms with E-state index in [0.29, 0.717) is 17.4 Å². The summed E-state index contributed by atoms with van der Waals surface area (Å²) in [6.07, 6.45) is 14.0. The Morgan fingerprint density at radius 3 is 1.75 bits per heavy atom. The topological polar surface area (TPSA) is 9.23 Å². The molecule has 0 bridgehead atoms. The number of hydrogen-bond acceptors (Lipinski definition) is 1. The number of unbranched alkanes of at least 4 members (excludes halogenated alkanes) is 6. The van der Waals surface area contributed by atoms with Gasteiger partial charge in [0.25, 0.3) is 0 Å². The van der Waals surface area contributed by atoms with Crippen LogP contribution in [0.3, 0.4) is 0 Å². The highest BCUT2D eigenvalue weighted by molar-refractivity contribution is 6.62. The van der Waals surface area contributed by atoms with Gasteiger partial charge in [0.2, 0.25) is 0 Å². The predicted molar refractivity (Wildman–Crippen MR) is 272 cm³/mol. The lowest BCUT2D eigenvalue weighted by molar-refractivity contribution is -0.00473. The number of ether oxygens (including phenoxy) is 1. The molecule has 6 rings (SSSR count). The summed E-state index contributed by atoms with van der Waals surface area (Å²) in [4.78, 5) is 0. The molecule has 0 radical (unpaired) electrons. The van der Waals surface area contributed by atoms with E-state index >= 15 is 0 Å². The van der Waals surface area contributed by atoms with Crippen LogP contribution >= 0.6 is 0 Å². The minimum atomic E-state index is -1.40. The Kier molecular flexibility index (Phi) is 15.4. The van der Waals surface area contributed by atoms with Crippen molar-refractivity contribution in [1.82, 2.24) is 0 Å². The Hall–Kier alpha value is -3.46. The normalized spacial score (nSPS) is 17.2. The minimum absolute atomic E-state index is 0.0596. The van der Waals surface area contributed by atoms with Gasteiger partial charge in [0.1, 0.15) is 0 Å². The summed E-state index contributed by atoms with van der Waals surface area (Å²) in [5.74, 6) is 1.01. The van der Waals surface area contributed by atoms with Crippen LogP contribution in [0.1, 0.15) is 193 Å². The van der Waals surface area contributed by atoms with Crippen molar-refractivity contribution >= 4 is 20.4 Å². The van der Waals surface area contributed by atoms with Crippen molar-refractivity contribution < 1.29 is 4.74 Å². The fourth-order valence-corrected chi connectivity index (χ4v) is 15.0. The lowest BCUT2D eigenvalue weighted by Gasteiger charge is -2.30. The Labute approximate surface area is 375 Å². The average Bonchev–Trinajstić information content (AvgIpc) is 3.72. The predicted octanol–water partition coefficient (Wildman–Crippen LogP) is 17.4. The molecule has 2 aliphatic rings. The maximum atomic E-state index is 6.09. The first-order valence-corrected chi connectivity index (χ1v) is 26.7. The van der Waals surface area contributed by atoms with Crippen molar-refractivity contribution in [3.8, 4) is 22.3 Å². The molecule has 0 spiro atoms. The number of fused-ring (bicyclic) bond motifs is 2. The molecule has 2 aliphatic carbocycles. The first kappa shape index (κ1) is 47.0. The molecule has 0 saturated carbocycles. The fourth-order valence-electron chi connectivity index (χ4n) is 10.5. The standard InChI is InChI=1S/C59H82OSi/c1-14-15-16-21-38-61(40-54-50-27-22-25-48(53(50)39-52(54)41(2)3)43-29-33-45(34-30-43)57(5,6)7)56-42(4)47(24-19-17-18-20-37-60-59(11,12)13)55-49(26-23-28-51(55)56)44-31-35-46(36-32-44)58(8,9)10/h22-23,25-36,39,41,54,56,61H,14-21,24,37-38,40H2,1-13H3. The summed E-state index contributed by atoms with van der Waals surface area (Å²) in [6, 6.07) is 36.4. The van der Waals surface area contributed by atoms with Gasteiger partial charge in [-0.25, -0.2) is 0 Å². The van der Waals surface area contributed by atoms with Crippen LogP contribution in [0.4, 0.5) is 0 Å². The summed E-state index contributed by atoms with van der Waals surface area (Å²) in [7, 11) is -1.40. The van der Waals surface area contributed by atoms with Crippen LogP contribution in [0, 0.1) is 5.92 Å². The largest absolute Gasteiger partial charge is 0.376 e. The molecule has 2 heteroatoms. The van der Waals surface area contributed by atoms with E-state index in [0.717, 1.165) is 13.0 Å². The van der Waals surface area contributed by atoms with Crippen LogP contribution < -0.4 is 0 Å². The molecule has 0 aromatic heterocycles. The van der Waals surface area contributed by atoms with Crippen LogP contribution in [-0.2, 0) is 15.6 Å². The summed E-state index contributed by atoms with van der Waals surface area (Å²) in [5.41, 5.74) is 20.5. The summed E-state index contributed by atoms with van der Waals surface area (Å²) in [5, 5.41) is 0. The van der Waals surface area contributed by atoms with E-state index < -0.39 is 8.80 Å². The van der Waals surface area contributed by atoms with E-state index in [1.54, 1.807) is 33.4 Å². The molecular formula is C59H82OSi. The zero-order chi connectivity index (χ0) is 44.1. The van der Waals surface area contributed by atoms with Gasteiger partial charge in [-0.2, -0.15) is 0 Å². The van der Waals surface area contributed by atoms with Crippen molar-refractivity contribution in [3.05, 3.63) is 129 Å². The van der Waals surface area contributed by atoms with Gasteiger partial charge in [0.05, 0.1) is 14.4 Å². The summed E-state index contributed by atoms with van der Waals surface area (Å²) < 4.78 is 6.09. The first-order chi connectivity index (χ1) is 28.9. The van der Waals surface area contributed by atoms with E-state index in [1.165, 1.54) is 102 Å². The molecule has 0 aliphatic heterocycles. The van der Waals surface area contributed by atoms with Gasteiger partial charge in [-0.15, -0.1) is 0 Å². The van der Waals surface area contributed by atoms with Gasteiger partial charge in [-0.05, 0) is 136 Å². The molecule has 3 unspecified atom stereocenters. The van der Waals surface area contributed by atoms with Crippen LogP contribution in [0.15, 0.2) is 96.1 Å². The molecule has 4 aromatic carbocycles. The molecule has 0 saturated heterocycles. The van der Waals surface area contributed by atoms with E-state index in [1.807, 2.05) is 0 Å². The zero-order valence-electron chi connectivity index (χ0n) is 40.9. The van der Waals surface area contributed by atoms with Crippen molar-refractivity contribution in [2.45, 2.75) is 188 Å². The third-order valence-electron chi connectivity index (χ3n) is 14.0. The average molecular weight is 835 g/mol. The quantitative estimate of drug-likeness (QED) is 0.0717. The van der Waals surface area contributed by atoms with Crippen molar-refractivity contribution in [1.29, 1.82) is 0 Å². The molecule has 0 N–H and O–H groups in total. The molecule has 1 nitrogen and oxygen atoms in total. The fraction of sp³-hybridized carbons (Fsp3) is 0.525.